The van der Waals surface area contributed by atoms with Gasteiger partial charge in [0, 0.05) is 6.42 Å². The quantitative estimate of drug-likeness (QED) is 0.0361. The summed E-state index contributed by atoms with van der Waals surface area (Å²) in [5.74, 6) is -11.6. The lowest BCUT2D eigenvalue weighted by molar-refractivity contribution is -0.143. The highest BCUT2D eigenvalue weighted by atomic mass is 16.4. The Labute approximate surface area is 400 Å². The molecular weight excluding hydrogens is 909 g/mol. The summed E-state index contributed by atoms with van der Waals surface area (Å²) in [6.45, 7) is 12.8. The minimum atomic E-state index is -1.85. The summed E-state index contributed by atoms with van der Waals surface area (Å²) in [5.41, 5.74) is 11.5. The fourth-order valence-corrected chi connectivity index (χ4v) is 6.54. The van der Waals surface area contributed by atoms with E-state index < -0.39 is 145 Å². The summed E-state index contributed by atoms with van der Waals surface area (Å²) >= 11 is 0. The second-order valence-electron chi connectivity index (χ2n) is 18.1. The van der Waals surface area contributed by atoms with Crippen LogP contribution in [-0.4, -0.2) is 158 Å². The van der Waals surface area contributed by atoms with Gasteiger partial charge in [0.05, 0.1) is 25.2 Å². The second kappa shape index (κ2) is 28.8. The molecule has 0 spiro atoms. The number of aliphatic carboxylic acids is 1. The van der Waals surface area contributed by atoms with Gasteiger partial charge in [0.25, 0.3) is 0 Å². The number of carboxylic acids is 1. The number of nitrogens with one attached hydrogen (secondary N) is 8. The van der Waals surface area contributed by atoms with Crippen molar-refractivity contribution >= 4 is 59.1 Å². The SMILES string of the molecule is CC(C)C[C@H](NC(=O)[C@@H](NC(=O)[C@H](C)NC(=O)[C@@H](NC(=O)[C@@H](NC(=O)[C@H](CC(N)=O)NC(=O)[C@H](Cc1ccc(O)cc1)NC(=O)[C@H](CC(C)C)NC(=O)[C@@H](N)CO)[C@@H](C)O)C(C)C)[C@@H](C)O)C(=O)O. The standard InChI is InChI=1S/C44H72N10O15/c1-19(2)14-28(48-37(61)27(45)18-55)38(62)49-29(16-25-10-12-26(58)13-11-25)39(63)50-30(17-32(46)59)40(64)54-35(24(9)57)43(67)52-33(21(5)6)41(65)47-22(7)36(60)53-34(23(8)56)42(66)51-31(44(68)69)15-20(3)4/h10-13,19-24,27-31,33-35,55-58H,14-18,45H2,1-9H3,(H2,46,59)(H,47,65)(H,48,61)(H,49,62)(H,50,63)(H,51,66)(H,52,67)(H,53,60)(H,54,64)(H,68,69)/t22-,23+,24+,27-,28-,29-,30-,31-,33-,34-,35-/m0/s1. The predicted octanol–water partition coefficient (Wildman–Crippen LogP) is -4.38. The third kappa shape index (κ3) is 21.2. The molecule has 1 aromatic rings. The van der Waals surface area contributed by atoms with Crippen molar-refractivity contribution in [2.45, 2.75) is 155 Å². The Kier molecular flexibility index (Phi) is 25.3. The highest BCUT2D eigenvalue weighted by Crippen LogP contribution is 2.14. The molecule has 11 atom stereocenters. The molecule has 1 rings (SSSR count). The predicted molar refractivity (Wildman–Crippen MR) is 247 cm³/mol. The van der Waals surface area contributed by atoms with Crippen LogP contribution >= 0.6 is 0 Å². The molecule has 0 saturated heterocycles. The van der Waals surface area contributed by atoms with Crippen LogP contribution in [-0.2, 0) is 54.4 Å². The summed E-state index contributed by atoms with van der Waals surface area (Å²) < 4.78 is 0. The molecule has 0 fully saturated rings. The van der Waals surface area contributed by atoms with Crippen molar-refractivity contribution in [3.63, 3.8) is 0 Å². The zero-order chi connectivity index (χ0) is 53.0. The summed E-state index contributed by atoms with van der Waals surface area (Å²) in [7, 11) is 0. The topological polar surface area (TPSA) is 420 Å². The Balaban J connectivity index is 3.35. The first-order valence-corrected chi connectivity index (χ1v) is 22.4. The Morgan fingerprint density at radius 3 is 1.39 bits per heavy atom. The van der Waals surface area contributed by atoms with Gasteiger partial charge < -0.3 is 79.5 Å². The van der Waals surface area contributed by atoms with Crippen LogP contribution in [0.1, 0.15) is 87.1 Å². The van der Waals surface area contributed by atoms with Crippen LogP contribution in [0.3, 0.4) is 0 Å². The first-order chi connectivity index (χ1) is 32.0. The zero-order valence-electron chi connectivity index (χ0n) is 40.4. The van der Waals surface area contributed by atoms with Gasteiger partial charge in [-0.2, -0.15) is 0 Å². The van der Waals surface area contributed by atoms with Crippen molar-refractivity contribution < 1.29 is 73.5 Å². The van der Waals surface area contributed by atoms with Crippen molar-refractivity contribution in [3.05, 3.63) is 29.8 Å². The van der Waals surface area contributed by atoms with Gasteiger partial charge in [0.1, 0.15) is 60.1 Å². The maximum Gasteiger partial charge on any atom is 0.326 e. The molecule has 0 bridgehead atoms. The molecular formula is C44H72N10O15. The molecule has 69 heavy (non-hydrogen) atoms. The molecule has 0 saturated carbocycles. The summed E-state index contributed by atoms with van der Waals surface area (Å²) in [5, 5.41) is 68.5. The third-order valence-electron chi connectivity index (χ3n) is 10.4. The molecule has 0 heterocycles. The third-order valence-corrected chi connectivity index (χ3v) is 10.4. The van der Waals surface area contributed by atoms with E-state index in [9.17, 15) is 73.5 Å². The first-order valence-electron chi connectivity index (χ1n) is 22.4. The largest absolute Gasteiger partial charge is 0.508 e. The molecule has 0 aliphatic carbocycles. The number of hydrogen-bond acceptors (Lipinski definition) is 15. The van der Waals surface area contributed by atoms with Gasteiger partial charge in [-0.05, 0) is 69.1 Å². The second-order valence-corrected chi connectivity index (χ2v) is 18.1. The molecule has 0 unspecified atom stereocenters. The average molecular weight is 981 g/mol. The molecule has 9 amide bonds. The lowest BCUT2D eigenvalue weighted by atomic mass is 10.00. The number of benzene rings is 1. The number of phenols is 1. The summed E-state index contributed by atoms with van der Waals surface area (Å²) in [4.78, 5) is 131. The molecule has 17 N–H and O–H groups in total. The fourth-order valence-electron chi connectivity index (χ4n) is 6.54. The van der Waals surface area contributed by atoms with Crippen molar-refractivity contribution in [1.82, 2.24) is 42.5 Å². The fraction of sp³-hybridized carbons (Fsp3) is 0.636. The number of nitrogens with two attached hydrogens (primary N) is 2. The number of aliphatic hydroxyl groups excluding tert-OH is 3. The van der Waals surface area contributed by atoms with E-state index in [1.54, 1.807) is 27.7 Å². The molecule has 0 aromatic heterocycles. The smallest absolute Gasteiger partial charge is 0.326 e. The van der Waals surface area contributed by atoms with Crippen LogP contribution in [0.4, 0.5) is 0 Å². The van der Waals surface area contributed by atoms with E-state index >= 15 is 0 Å². The van der Waals surface area contributed by atoms with Crippen LogP contribution in [0, 0.1) is 17.8 Å². The van der Waals surface area contributed by atoms with Crippen LogP contribution < -0.4 is 54.0 Å². The van der Waals surface area contributed by atoms with Gasteiger partial charge >= 0.3 is 5.97 Å². The normalized spacial score (nSPS) is 16.1. The van der Waals surface area contributed by atoms with E-state index in [4.69, 9.17) is 11.5 Å². The molecule has 25 nitrogen and oxygen atoms in total. The number of hydrogen-bond donors (Lipinski definition) is 15. The number of rotatable bonds is 29. The number of carbonyl (C=O) groups excluding carboxylic acids is 9. The number of phenolic OH excluding ortho intramolecular Hbond substituents is 1. The molecule has 388 valence electrons. The Hall–Kier alpha value is -6.44. The van der Waals surface area contributed by atoms with E-state index in [2.05, 4.69) is 42.5 Å². The monoisotopic (exact) mass is 981 g/mol. The highest BCUT2D eigenvalue weighted by Gasteiger charge is 2.37. The first kappa shape index (κ1) is 60.6. The van der Waals surface area contributed by atoms with Crippen LogP contribution in [0.5, 0.6) is 5.75 Å². The van der Waals surface area contributed by atoms with E-state index in [1.165, 1.54) is 52.0 Å². The van der Waals surface area contributed by atoms with Gasteiger partial charge in [0.2, 0.25) is 53.2 Å². The minimum Gasteiger partial charge on any atom is -0.508 e. The summed E-state index contributed by atoms with van der Waals surface area (Å²) in [6.07, 6.45) is -4.19. The number of carboxylic acid groups (broad SMARTS) is 1. The zero-order valence-corrected chi connectivity index (χ0v) is 40.4. The van der Waals surface area contributed by atoms with Crippen LogP contribution in [0.2, 0.25) is 0 Å². The van der Waals surface area contributed by atoms with E-state index in [0.29, 0.717) is 5.56 Å². The van der Waals surface area contributed by atoms with Gasteiger partial charge in [-0.3, -0.25) is 43.2 Å². The maximum absolute atomic E-state index is 14.0. The Bertz CT molecular complexity index is 1950. The number of aliphatic hydroxyl groups is 3. The van der Waals surface area contributed by atoms with E-state index in [0.717, 1.165) is 6.92 Å². The van der Waals surface area contributed by atoms with Gasteiger partial charge in [0.15, 0.2) is 0 Å². The van der Waals surface area contributed by atoms with E-state index in [-0.39, 0.29) is 36.8 Å². The van der Waals surface area contributed by atoms with Crippen molar-refractivity contribution in [2.24, 2.45) is 29.2 Å². The molecule has 25 heteroatoms. The summed E-state index contributed by atoms with van der Waals surface area (Å²) in [6, 6.07) is -8.13. The van der Waals surface area contributed by atoms with Crippen LogP contribution in [0.15, 0.2) is 24.3 Å². The minimum absolute atomic E-state index is 0.0542. The molecule has 0 radical (unpaired) electrons. The van der Waals surface area contributed by atoms with Gasteiger partial charge in [-0.25, -0.2) is 4.79 Å². The van der Waals surface area contributed by atoms with Gasteiger partial charge in [-0.15, -0.1) is 0 Å². The maximum atomic E-state index is 14.0. The molecule has 0 aliphatic rings. The Morgan fingerprint density at radius 2 is 0.928 bits per heavy atom. The average Bonchev–Trinajstić information content (AvgIpc) is 3.24. The lowest BCUT2D eigenvalue weighted by Gasteiger charge is -2.29. The molecule has 0 aliphatic heterocycles. The highest BCUT2D eigenvalue weighted by molar-refractivity contribution is 5.99. The number of aromatic hydroxyl groups is 1. The number of primary amides is 1. The lowest BCUT2D eigenvalue weighted by Crippen LogP contribution is -2.63. The Morgan fingerprint density at radius 1 is 0.522 bits per heavy atom. The van der Waals surface area contributed by atoms with Crippen molar-refractivity contribution in [1.29, 1.82) is 0 Å². The van der Waals surface area contributed by atoms with E-state index in [1.807, 2.05) is 0 Å². The number of carbonyl (C=O) groups is 10. The van der Waals surface area contributed by atoms with Crippen molar-refractivity contribution in [2.75, 3.05) is 6.61 Å². The van der Waals surface area contributed by atoms with Crippen molar-refractivity contribution in [3.8, 4) is 5.75 Å². The van der Waals surface area contributed by atoms with Crippen LogP contribution in [0.25, 0.3) is 0 Å². The molecule has 1 aromatic carbocycles. The number of amides is 9. The van der Waals surface area contributed by atoms with Gasteiger partial charge in [-0.1, -0.05) is 53.7 Å².